The third kappa shape index (κ3) is 2.27. The molecule has 4 rings (SSSR count). The smallest absolute Gasteiger partial charge is 0.148 e. The van der Waals surface area contributed by atoms with Crippen molar-refractivity contribution in [2.24, 2.45) is 7.05 Å². The second-order valence-electron chi connectivity index (χ2n) is 6.28. The van der Waals surface area contributed by atoms with Crippen molar-refractivity contribution in [2.45, 2.75) is 32.7 Å². The van der Waals surface area contributed by atoms with Crippen LogP contribution in [0, 0.1) is 13.8 Å². The summed E-state index contributed by atoms with van der Waals surface area (Å²) in [6, 6.07) is 8.38. The number of fused-ring (bicyclic) bond motifs is 1. The van der Waals surface area contributed by atoms with Gasteiger partial charge in [0.2, 0.25) is 0 Å². The molecule has 3 aromatic rings. The van der Waals surface area contributed by atoms with Crippen molar-refractivity contribution in [2.75, 3.05) is 11.4 Å². The molecule has 2 aromatic heterocycles. The Morgan fingerprint density at radius 3 is 2.65 bits per heavy atom. The van der Waals surface area contributed by atoms with Crippen LogP contribution in [0.2, 0.25) is 0 Å². The molecule has 23 heavy (non-hydrogen) atoms. The lowest BCUT2D eigenvalue weighted by atomic mass is 10.0. The van der Waals surface area contributed by atoms with E-state index in [4.69, 9.17) is 4.98 Å². The Bertz CT molecular complexity index is 867. The Labute approximate surface area is 136 Å². The van der Waals surface area contributed by atoms with E-state index in [0.717, 1.165) is 35.5 Å². The van der Waals surface area contributed by atoms with E-state index in [1.54, 1.807) is 0 Å². The maximum absolute atomic E-state index is 4.84. The maximum atomic E-state index is 4.84. The van der Waals surface area contributed by atoms with Gasteiger partial charge in [-0.1, -0.05) is 12.1 Å². The molecule has 0 bridgehead atoms. The zero-order chi connectivity index (χ0) is 16.0. The number of hydrogen-bond donors (Lipinski definition) is 0. The van der Waals surface area contributed by atoms with Crippen LogP contribution in [0.25, 0.3) is 11.0 Å². The van der Waals surface area contributed by atoms with E-state index < -0.39 is 0 Å². The summed E-state index contributed by atoms with van der Waals surface area (Å²) in [5.74, 6) is 0.967. The Hall–Kier alpha value is -2.43. The fourth-order valence-electron chi connectivity index (χ4n) is 3.70. The molecule has 3 heterocycles. The van der Waals surface area contributed by atoms with Gasteiger partial charge in [0.15, 0.2) is 0 Å². The van der Waals surface area contributed by atoms with Crippen molar-refractivity contribution >= 4 is 16.9 Å². The van der Waals surface area contributed by atoms with Crippen LogP contribution in [-0.2, 0) is 7.05 Å². The van der Waals surface area contributed by atoms with Gasteiger partial charge in [-0.25, -0.2) is 4.98 Å². The predicted octanol–water partition coefficient (Wildman–Crippen LogP) is 3.32. The molecule has 118 valence electrons. The third-order valence-corrected chi connectivity index (χ3v) is 4.88. The molecule has 1 aliphatic heterocycles. The van der Waals surface area contributed by atoms with Gasteiger partial charge in [0.25, 0.3) is 0 Å². The maximum Gasteiger partial charge on any atom is 0.148 e. The number of rotatable bonds is 2. The monoisotopic (exact) mass is 307 g/mol. The molecule has 1 unspecified atom stereocenters. The molecular weight excluding hydrogens is 286 g/mol. The van der Waals surface area contributed by atoms with Crippen molar-refractivity contribution in [1.82, 2.24) is 19.7 Å². The van der Waals surface area contributed by atoms with Crippen LogP contribution in [0.1, 0.15) is 35.8 Å². The Kier molecular flexibility index (Phi) is 3.29. The minimum Gasteiger partial charge on any atom is -0.348 e. The second-order valence-corrected chi connectivity index (χ2v) is 6.28. The summed E-state index contributed by atoms with van der Waals surface area (Å²) in [6.45, 7) is 5.27. The zero-order valence-electron chi connectivity index (χ0n) is 13.8. The van der Waals surface area contributed by atoms with Crippen LogP contribution in [0.15, 0.2) is 30.5 Å². The highest BCUT2D eigenvalue weighted by Gasteiger charge is 2.31. The summed E-state index contributed by atoms with van der Waals surface area (Å²) in [6.07, 6.45) is 4.22. The number of anilines is 1. The molecule has 0 radical (unpaired) electrons. The van der Waals surface area contributed by atoms with Crippen molar-refractivity contribution in [3.05, 3.63) is 47.4 Å². The van der Waals surface area contributed by atoms with E-state index in [-0.39, 0.29) is 0 Å². The molecule has 1 aromatic carbocycles. The molecule has 0 saturated carbocycles. The van der Waals surface area contributed by atoms with E-state index in [9.17, 15) is 0 Å². The van der Waals surface area contributed by atoms with Crippen LogP contribution >= 0.6 is 0 Å². The number of nitrogens with zero attached hydrogens (tertiary/aromatic N) is 5. The van der Waals surface area contributed by atoms with E-state index >= 15 is 0 Å². The number of para-hydroxylation sites is 2. The van der Waals surface area contributed by atoms with Crippen LogP contribution in [0.4, 0.5) is 5.82 Å². The predicted molar refractivity (Wildman–Crippen MR) is 91.5 cm³/mol. The number of hydrogen-bond acceptors (Lipinski definition) is 4. The molecule has 1 saturated heterocycles. The number of benzene rings is 1. The first kappa shape index (κ1) is 14.2. The van der Waals surface area contributed by atoms with Crippen molar-refractivity contribution in [3.63, 3.8) is 0 Å². The Morgan fingerprint density at radius 1 is 1.13 bits per heavy atom. The van der Waals surface area contributed by atoms with Gasteiger partial charge in [0.1, 0.15) is 5.82 Å². The van der Waals surface area contributed by atoms with E-state index in [1.165, 1.54) is 17.7 Å². The third-order valence-electron chi connectivity index (χ3n) is 4.88. The zero-order valence-corrected chi connectivity index (χ0v) is 13.8. The van der Waals surface area contributed by atoms with Crippen molar-refractivity contribution in [3.8, 4) is 0 Å². The van der Waals surface area contributed by atoms with Crippen LogP contribution in [0.3, 0.4) is 0 Å². The van der Waals surface area contributed by atoms with Gasteiger partial charge in [-0.2, -0.15) is 5.10 Å². The van der Waals surface area contributed by atoms with Gasteiger partial charge in [0.05, 0.1) is 29.0 Å². The minimum absolute atomic E-state index is 0.346. The molecule has 1 atom stereocenters. The van der Waals surface area contributed by atoms with Gasteiger partial charge in [-0.15, -0.1) is 0 Å². The second kappa shape index (κ2) is 5.33. The summed E-state index contributed by atoms with van der Waals surface area (Å²) in [5.41, 5.74) is 5.61. The molecule has 1 aliphatic rings. The summed E-state index contributed by atoms with van der Waals surface area (Å²) in [4.78, 5) is 11.8. The van der Waals surface area contributed by atoms with Gasteiger partial charge >= 0.3 is 0 Å². The van der Waals surface area contributed by atoms with Gasteiger partial charge < -0.3 is 4.90 Å². The SMILES string of the molecule is Cc1nn(C)c(C)c1C1CCCN1c1cnc2ccccc2n1. The molecule has 5 heteroatoms. The van der Waals surface area contributed by atoms with Crippen LogP contribution in [0.5, 0.6) is 0 Å². The fraction of sp³-hybridized carbons (Fsp3) is 0.389. The summed E-state index contributed by atoms with van der Waals surface area (Å²) < 4.78 is 1.98. The molecule has 1 fully saturated rings. The minimum atomic E-state index is 0.346. The van der Waals surface area contributed by atoms with E-state index in [2.05, 4.69) is 28.8 Å². The first-order chi connectivity index (χ1) is 11.1. The first-order valence-corrected chi connectivity index (χ1v) is 8.13. The molecule has 0 aliphatic carbocycles. The average molecular weight is 307 g/mol. The highest BCUT2D eigenvalue weighted by molar-refractivity contribution is 5.75. The average Bonchev–Trinajstić information content (AvgIpc) is 3.12. The Balaban J connectivity index is 1.77. The highest BCUT2D eigenvalue weighted by atomic mass is 15.3. The summed E-state index contributed by atoms with van der Waals surface area (Å²) in [7, 11) is 2.01. The fourth-order valence-corrected chi connectivity index (χ4v) is 3.70. The van der Waals surface area contributed by atoms with Crippen molar-refractivity contribution < 1.29 is 0 Å². The molecule has 5 nitrogen and oxygen atoms in total. The Morgan fingerprint density at radius 2 is 1.91 bits per heavy atom. The molecule has 0 amide bonds. The quantitative estimate of drug-likeness (QED) is 0.728. The van der Waals surface area contributed by atoms with Crippen molar-refractivity contribution in [1.29, 1.82) is 0 Å². The largest absolute Gasteiger partial charge is 0.348 e. The van der Waals surface area contributed by atoms with E-state index in [1.807, 2.05) is 42.2 Å². The number of aromatic nitrogens is 4. The topological polar surface area (TPSA) is 46.8 Å². The summed E-state index contributed by atoms with van der Waals surface area (Å²) in [5, 5.41) is 4.59. The lowest BCUT2D eigenvalue weighted by molar-refractivity contribution is 0.693. The molecule has 0 N–H and O–H groups in total. The highest BCUT2D eigenvalue weighted by Crippen LogP contribution is 2.38. The van der Waals surface area contributed by atoms with Crippen LogP contribution in [-0.4, -0.2) is 26.3 Å². The summed E-state index contributed by atoms with van der Waals surface area (Å²) >= 11 is 0. The lowest BCUT2D eigenvalue weighted by Gasteiger charge is -2.26. The van der Waals surface area contributed by atoms with Gasteiger partial charge in [-0.3, -0.25) is 9.67 Å². The lowest BCUT2D eigenvalue weighted by Crippen LogP contribution is -2.24. The standard InChI is InChI=1S/C18H21N5/c1-12-18(13(2)22(3)21-12)16-9-6-10-23(16)17-11-19-14-7-4-5-8-15(14)20-17/h4-5,7-8,11,16H,6,9-10H2,1-3H3. The molecular formula is C18H21N5. The van der Waals surface area contributed by atoms with Gasteiger partial charge in [0, 0.05) is 24.8 Å². The van der Waals surface area contributed by atoms with E-state index in [0.29, 0.717) is 6.04 Å². The number of aryl methyl sites for hydroxylation is 2. The first-order valence-electron chi connectivity index (χ1n) is 8.13. The molecule has 0 spiro atoms. The normalized spacial score (nSPS) is 18.0. The van der Waals surface area contributed by atoms with Gasteiger partial charge in [-0.05, 0) is 38.8 Å². The van der Waals surface area contributed by atoms with Crippen LogP contribution < -0.4 is 4.90 Å².